The number of aryl methyl sites for hydroxylation is 1. The average molecular weight is 415 g/mol. The van der Waals surface area contributed by atoms with E-state index in [0.29, 0.717) is 13.1 Å². The van der Waals surface area contributed by atoms with Crippen molar-refractivity contribution in [3.8, 4) is 11.1 Å². The van der Waals surface area contributed by atoms with Gasteiger partial charge in [-0.25, -0.2) is 4.39 Å². The molecule has 1 aliphatic heterocycles. The van der Waals surface area contributed by atoms with Crippen LogP contribution < -0.4 is 0 Å². The number of hydrogen-bond acceptors (Lipinski definition) is 3. The van der Waals surface area contributed by atoms with Crippen molar-refractivity contribution in [1.82, 2.24) is 24.5 Å². The van der Waals surface area contributed by atoms with E-state index in [1.54, 1.807) is 27.7 Å². The molecule has 0 fully saturated rings. The van der Waals surface area contributed by atoms with Crippen LogP contribution in [0.5, 0.6) is 0 Å². The van der Waals surface area contributed by atoms with Crippen LogP contribution in [0.2, 0.25) is 0 Å². The van der Waals surface area contributed by atoms with E-state index < -0.39 is 0 Å². The third kappa shape index (κ3) is 3.86. The highest BCUT2D eigenvalue weighted by Gasteiger charge is 2.29. The molecule has 1 unspecified atom stereocenters. The van der Waals surface area contributed by atoms with Crippen LogP contribution in [0.4, 0.5) is 4.39 Å². The molecule has 2 aromatic carbocycles. The van der Waals surface area contributed by atoms with Crippen LogP contribution in [0, 0.1) is 5.82 Å². The van der Waals surface area contributed by atoms with Crippen LogP contribution in [0.25, 0.3) is 11.1 Å². The second kappa shape index (κ2) is 7.83. The second-order valence-electron chi connectivity index (χ2n) is 7.91. The lowest BCUT2D eigenvalue weighted by Crippen LogP contribution is -2.40. The molecule has 1 aliphatic rings. The highest BCUT2D eigenvalue weighted by Crippen LogP contribution is 2.33. The molecular weight excluding hydrogens is 393 g/mol. The summed E-state index contributed by atoms with van der Waals surface area (Å²) in [6.07, 6.45) is 7.40. The van der Waals surface area contributed by atoms with Gasteiger partial charge in [0.25, 0.3) is 0 Å². The first-order valence-electron chi connectivity index (χ1n) is 10.2. The van der Waals surface area contributed by atoms with Crippen LogP contribution in [-0.4, -0.2) is 36.9 Å². The minimum absolute atomic E-state index is 0.0112. The summed E-state index contributed by atoms with van der Waals surface area (Å²) < 4.78 is 16.6. The molecule has 0 saturated carbocycles. The first-order valence-corrected chi connectivity index (χ1v) is 10.2. The van der Waals surface area contributed by atoms with Crippen molar-refractivity contribution < 1.29 is 9.18 Å². The van der Waals surface area contributed by atoms with Crippen molar-refractivity contribution >= 4 is 5.91 Å². The van der Waals surface area contributed by atoms with Crippen LogP contribution in [0.15, 0.2) is 73.3 Å². The molecule has 0 N–H and O–H groups in total. The van der Waals surface area contributed by atoms with Gasteiger partial charge >= 0.3 is 0 Å². The lowest BCUT2D eigenvalue weighted by atomic mass is 9.86. The minimum atomic E-state index is -0.278. The molecule has 31 heavy (non-hydrogen) atoms. The smallest absolute Gasteiger partial charge is 0.244 e. The number of nitrogens with zero attached hydrogens (tertiary/aromatic N) is 5. The molecule has 0 bridgehead atoms. The Morgan fingerprint density at radius 1 is 1.03 bits per heavy atom. The fraction of sp³-hybridized carbons (Fsp3) is 0.208. The fourth-order valence-corrected chi connectivity index (χ4v) is 4.18. The standard InChI is InChI=1S/C24H22FN5O/c1-28-12-20(11-26-28)23-15-29(13-18-4-2-3-5-22(18)23)24(31)16-30-14-19(10-27-30)17-6-8-21(25)9-7-17/h2-12,14,23H,13,15-16H2,1H3. The topological polar surface area (TPSA) is 56.0 Å². The third-order valence-corrected chi connectivity index (χ3v) is 5.78. The zero-order valence-corrected chi connectivity index (χ0v) is 17.1. The maximum atomic E-state index is 13.2. The molecule has 0 aliphatic carbocycles. The Morgan fingerprint density at radius 2 is 1.84 bits per heavy atom. The molecule has 1 amide bonds. The number of carbonyl (C=O) groups is 1. The Labute approximate surface area is 179 Å². The SMILES string of the molecule is Cn1cc(C2CN(C(=O)Cn3cc(-c4ccc(F)cc4)cn3)Cc3ccccc32)cn1. The van der Waals surface area contributed by atoms with Crippen LogP contribution >= 0.6 is 0 Å². The van der Waals surface area contributed by atoms with Gasteiger partial charge in [0.1, 0.15) is 12.4 Å². The maximum absolute atomic E-state index is 13.2. The van der Waals surface area contributed by atoms with E-state index in [4.69, 9.17) is 0 Å². The van der Waals surface area contributed by atoms with Gasteiger partial charge in [0.2, 0.25) is 5.91 Å². The predicted molar refractivity (Wildman–Crippen MR) is 115 cm³/mol. The van der Waals surface area contributed by atoms with Gasteiger partial charge in [-0.2, -0.15) is 10.2 Å². The van der Waals surface area contributed by atoms with Crippen LogP contribution in [-0.2, 0) is 24.9 Å². The molecule has 7 heteroatoms. The Bertz CT molecular complexity index is 1230. The summed E-state index contributed by atoms with van der Waals surface area (Å²) in [5.74, 6) is -0.174. The molecule has 0 spiro atoms. The molecule has 0 radical (unpaired) electrons. The summed E-state index contributed by atoms with van der Waals surface area (Å²) in [6.45, 7) is 1.34. The van der Waals surface area contributed by atoms with Crippen molar-refractivity contribution in [2.24, 2.45) is 7.05 Å². The van der Waals surface area contributed by atoms with Crippen molar-refractivity contribution in [3.63, 3.8) is 0 Å². The number of rotatable bonds is 4. The van der Waals surface area contributed by atoms with Crippen LogP contribution in [0.3, 0.4) is 0 Å². The summed E-state index contributed by atoms with van der Waals surface area (Å²) in [5.41, 5.74) is 5.22. The van der Waals surface area contributed by atoms with Crippen LogP contribution in [0.1, 0.15) is 22.6 Å². The Hall–Kier alpha value is -3.74. The minimum Gasteiger partial charge on any atom is -0.336 e. The summed E-state index contributed by atoms with van der Waals surface area (Å²) in [5, 5.41) is 8.65. The molecule has 156 valence electrons. The summed E-state index contributed by atoms with van der Waals surface area (Å²) >= 11 is 0. The molecule has 1 atom stereocenters. The molecule has 4 aromatic rings. The fourth-order valence-electron chi connectivity index (χ4n) is 4.18. The monoisotopic (exact) mass is 415 g/mol. The molecule has 0 saturated heterocycles. The number of aromatic nitrogens is 4. The van der Waals surface area contributed by atoms with E-state index in [0.717, 1.165) is 22.3 Å². The van der Waals surface area contributed by atoms with Gasteiger partial charge < -0.3 is 4.90 Å². The predicted octanol–water partition coefficient (Wildman–Crippen LogP) is 3.60. The number of halogens is 1. The molecule has 6 nitrogen and oxygen atoms in total. The van der Waals surface area contributed by atoms with Gasteiger partial charge in [-0.1, -0.05) is 36.4 Å². The first-order chi connectivity index (χ1) is 15.1. The first kappa shape index (κ1) is 19.2. The third-order valence-electron chi connectivity index (χ3n) is 5.78. The maximum Gasteiger partial charge on any atom is 0.244 e. The molecule has 5 rings (SSSR count). The number of carbonyl (C=O) groups excluding carboxylic acids is 1. The van der Waals surface area contributed by atoms with E-state index in [1.807, 2.05) is 42.7 Å². The van der Waals surface area contributed by atoms with Crippen molar-refractivity contribution in [2.75, 3.05) is 6.54 Å². The number of hydrogen-bond donors (Lipinski definition) is 0. The normalized spacial score (nSPS) is 15.7. The van der Waals surface area contributed by atoms with Gasteiger partial charge in [-0.15, -0.1) is 0 Å². The van der Waals surface area contributed by atoms with Gasteiger partial charge in [-0.05, 0) is 34.4 Å². The second-order valence-corrected chi connectivity index (χ2v) is 7.91. The largest absolute Gasteiger partial charge is 0.336 e. The van der Waals surface area contributed by atoms with Crippen molar-refractivity contribution in [2.45, 2.75) is 19.0 Å². The highest BCUT2D eigenvalue weighted by molar-refractivity contribution is 5.77. The molecule has 3 heterocycles. The van der Waals surface area contributed by atoms with E-state index in [1.165, 1.54) is 17.7 Å². The molecular formula is C24H22FN5O. The number of amides is 1. The quantitative estimate of drug-likeness (QED) is 0.512. The van der Waals surface area contributed by atoms with Gasteiger partial charge in [0.05, 0.1) is 12.4 Å². The van der Waals surface area contributed by atoms with Gasteiger partial charge in [0, 0.05) is 44.0 Å². The number of benzene rings is 2. The number of fused-ring (bicyclic) bond motifs is 1. The lowest BCUT2D eigenvalue weighted by molar-refractivity contribution is -0.133. The van der Waals surface area contributed by atoms with Gasteiger partial charge in [0.15, 0.2) is 0 Å². The van der Waals surface area contributed by atoms with E-state index in [-0.39, 0.29) is 24.2 Å². The van der Waals surface area contributed by atoms with E-state index >= 15 is 0 Å². The zero-order chi connectivity index (χ0) is 21.4. The van der Waals surface area contributed by atoms with E-state index in [9.17, 15) is 9.18 Å². The summed E-state index contributed by atoms with van der Waals surface area (Å²) in [4.78, 5) is 15.0. The average Bonchev–Trinajstić information content (AvgIpc) is 3.42. The molecule has 2 aromatic heterocycles. The summed E-state index contributed by atoms with van der Waals surface area (Å²) in [6, 6.07) is 14.5. The highest BCUT2D eigenvalue weighted by atomic mass is 19.1. The van der Waals surface area contributed by atoms with E-state index in [2.05, 4.69) is 22.3 Å². The zero-order valence-electron chi connectivity index (χ0n) is 17.1. The Morgan fingerprint density at radius 3 is 2.61 bits per heavy atom. The van der Waals surface area contributed by atoms with Crippen molar-refractivity contribution in [1.29, 1.82) is 0 Å². The summed E-state index contributed by atoms with van der Waals surface area (Å²) in [7, 11) is 1.90. The Kier molecular flexibility index (Phi) is 4.86. The Balaban J connectivity index is 1.36. The lowest BCUT2D eigenvalue weighted by Gasteiger charge is -2.34. The van der Waals surface area contributed by atoms with Crippen molar-refractivity contribution in [3.05, 3.63) is 95.8 Å². The van der Waals surface area contributed by atoms with Gasteiger partial charge in [-0.3, -0.25) is 14.2 Å².